The van der Waals surface area contributed by atoms with Gasteiger partial charge in [-0.2, -0.15) is 0 Å². The standard InChI is InChI=1S/C16H13N3OS/c1-10-4-6-11(7-5-10)14-15(17)19-12(9-21-16(19)18-14)13-3-2-8-20-13/h2-9H,17H2,1H3. The van der Waals surface area contributed by atoms with Crippen molar-refractivity contribution in [3.63, 3.8) is 0 Å². The molecule has 21 heavy (non-hydrogen) atoms. The highest BCUT2D eigenvalue weighted by molar-refractivity contribution is 7.15. The van der Waals surface area contributed by atoms with Crippen LogP contribution < -0.4 is 5.73 Å². The van der Waals surface area contributed by atoms with Gasteiger partial charge in [0.1, 0.15) is 17.2 Å². The Bertz CT molecular complexity index is 901. The molecule has 4 rings (SSSR count). The van der Waals surface area contributed by atoms with Crippen molar-refractivity contribution in [1.29, 1.82) is 0 Å². The Morgan fingerprint density at radius 3 is 2.71 bits per heavy atom. The van der Waals surface area contributed by atoms with Crippen LogP contribution in [0.15, 0.2) is 52.5 Å². The lowest BCUT2D eigenvalue weighted by atomic mass is 10.1. The summed E-state index contributed by atoms with van der Waals surface area (Å²) in [5, 5.41) is 2.01. The second kappa shape index (κ2) is 4.49. The molecule has 3 aromatic heterocycles. The van der Waals surface area contributed by atoms with Crippen molar-refractivity contribution in [2.75, 3.05) is 5.73 Å². The molecule has 5 heteroatoms. The van der Waals surface area contributed by atoms with Crippen molar-refractivity contribution in [3.8, 4) is 22.7 Å². The van der Waals surface area contributed by atoms with Gasteiger partial charge in [0.25, 0.3) is 0 Å². The molecule has 0 aliphatic rings. The van der Waals surface area contributed by atoms with E-state index in [1.54, 1.807) is 17.6 Å². The molecule has 0 aliphatic heterocycles. The molecule has 2 N–H and O–H groups in total. The number of nitrogens with two attached hydrogens (primary N) is 1. The highest BCUT2D eigenvalue weighted by atomic mass is 32.1. The summed E-state index contributed by atoms with van der Waals surface area (Å²) in [6.45, 7) is 2.06. The maximum Gasteiger partial charge on any atom is 0.196 e. The van der Waals surface area contributed by atoms with Crippen LogP contribution in [0.4, 0.5) is 5.82 Å². The number of anilines is 1. The maximum absolute atomic E-state index is 6.33. The Morgan fingerprint density at radius 2 is 2.00 bits per heavy atom. The van der Waals surface area contributed by atoms with Gasteiger partial charge in [-0.3, -0.25) is 4.40 Å². The number of nitrogen functional groups attached to an aromatic ring is 1. The van der Waals surface area contributed by atoms with E-state index in [0.29, 0.717) is 5.82 Å². The number of thiazole rings is 1. The van der Waals surface area contributed by atoms with Crippen molar-refractivity contribution in [3.05, 3.63) is 53.6 Å². The zero-order chi connectivity index (χ0) is 14.4. The van der Waals surface area contributed by atoms with E-state index < -0.39 is 0 Å². The first kappa shape index (κ1) is 12.2. The van der Waals surface area contributed by atoms with Crippen LogP contribution in [0.2, 0.25) is 0 Å². The highest BCUT2D eigenvalue weighted by Gasteiger charge is 2.17. The van der Waals surface area contributed by atoms with Crippen LogP contribution in [-0.2, 0) is 0 Å². The van der Waals surface area contributed by atoms with Crippen LogP contribution in [0.5, 0.6) is 0 Å². The van der Waals surface area contributed by atoms with Crippen LogP contribution in [-0.4, -0.2) is 9.38 Å². The van der Waals surface area contributed by atoms with E-state index in [1.807, 2.05) is 34.0 Å². The average molecular weight is 295 g/mol. The number of rotatable bonds is 2. The topological polar surface area (TPSA) is 56.5 Å². The summed E-state index contributed by atoms with van der Waals surface area (Å²) in [6, 6.07) is 12.0. The van der Waals surface area contributed by atoms with E-state index in [4.69, 9.17) is 10.2 Å². The van der Waals surface area contributed by atoms with E-state index in [1.165, 1.54) is 5.56 Å². The third kappa shape index (κ3) is 1.86. The Hall–Kier alpha value is -2.53. The number of nitrogens with zero attached hydrogens (tertiary/aromatic N) is 2. The predicted molar refractivity (Wildman–Crippen MR) is 85.4 cm³/mol. The second-order valence-corrected chi connectivity index (χ2v) is 5.76. The number of fused-ring (bicyclic) bond motifs is 1. The van der Waals surface area contributed by atoms with Crippen molar-refractivity contribution in [2.45, 2.75) is 6.92 Å². The molecular weight excluding hydrogens is 282 g/mol. The van der Waals surface area contributed by atoms with Crippen LogP contribution in [0.3, 0.4) is 0 Å². The fraction of sp³-hybridized carbons (Fsp3) is 0.0625. The fourth-order valence-electron chi connectivity index (χ4n) is 2.40. The van der Waals surface area contributed by atoms with Gasteiger partial charge >= 0.3 is 0 Å². The lowest BCUT2D eigenvalue weighted by Gasteiger charge is -2.01. The summed E-state index contributed by atoms with van der Waals surface area (Å²) in [5.41, 5.74) is 10.3. The first-order valence-electron chi connectivity index (χ1n) is 6.60. The summed E-state index contributed by atoms with van der Waals surface area (Å²) in [7, 11) is 0. The minimum Gasteiger partial charge on any atom is -0.463 e. The third-order valence-corrected chi connectivity index (χ3v) is 4.32. The molecule has 0 saturated carbocycles. The molecule has 0 spiro atoms. The lowest BCUT2D eigenvalue weighted by Crippen LogP contribution is -1.95. The lowest BCUT2D eigenvalue weighted by molar-refractivity contribution is 0.579. The van der Waals surface area contributed by atoms with Crippen LogP contribution in [0, 0.1) is 6.92 Å². The largest absolute Gasteiger partial charge is 0.463 e. The molecule has 0 radical (unpaired) electrons. The molecule has 1 aromatic carbocycles. The number of hydrogen-bond acceptors (Lipinski definition) is 4. The molecule has 0 unspecified atom stereocenters. The van der Waals surface area contributed by atoms with Crippen molar-refractivity contribution in [2.24, 2.45) is 0 Å². The number of furan rings is 1. The van der Waals surface area contributed by atoms with E-state index in [9.17, 15) is 0 Å². The van der Waals surface area contributed by atoms with Gasteiger partial charge in [-0.25, -0.2) is 4.98 Å². The van der Waals surface area contributed by atoms with Crippen LogP contribution in [0.1, 0.15) is 5.56 Å². The minimum atomic E-state index is 0.640. The van der Waals surface area contributed by atoms with Crippen molar-refractivity contribution >= 4 is 22.1 Å². The molecule has 0 saturated heterocycles. The molecule has 104 valence electrons. The Balaban J connectivity index is 1.93. The number of aryl methyl sites for hydroxylation is 1. The number of aromatic nitrogens is 2. The summed E-state index contributed by atoms with van der Waals surface area (Å²) in [6.07, 6.45) is 1.66. The molecule has 0 bridgehead atoms. The second-order valence-electron chi connectivity index (χ2n) is 4.93. The van der Waals surface area contributed by atoms with Gasteiger partial charge < -0.3 is 10.2 Å². The Kier molecular flexibility index (Phi) is 2.62. The SMILES string of the molecule is Cc1ccc(-c2nc3scc(-c4ccco4)n3c2N)cc1. The van der Waals surface area contributed by atoms with Gasteiger partial charge in [0.2, 0.25) is 0 Å². The van der Waals surface area contributed by atoms with Crippen LogP contribution >= 0.6 is 11.3 Å². The predicted octanol–water partition coefficient (Wildman–Crippen LogP) is 4.21. The van der Waals surface area contributed by atoms with Gasteiger partial charge in [0.15, 0.2) is 10.7 Å². The molecule has 4 nitrogen and oxygen atoms in total. The van der Waals surface area contributed by atoms with Crippen molar-refractivity contribution < 1.29 is 4.42 Å². The maximum atomic E-state index is 6.33. The molecule has 0 aliphatic carbocycles. The molecule has 0 fully saturated rings. The Morgan fingerprint density at radius 1 is 1.19 bits per heavy atom. The number of benzene rings is 1. The minimum absolute atomic E-state index is 0.640. The van der Waals surface area contributed by atoms with E-state index >= 15 is 0 Å². The van der Waals surface area contributed by atoms with Gasteiger partial charge in [-0.15, -0.1) is 11.3 Å². The quantitative estimate of drug-likeness (QED) is 0.602. The third-order valence-electron chi connectivity index (χ3n) is 3.50. The smallest absolute Gasteiger partial charge is 0.196 e. The van der Waals surface area contributed by atoms with E-state index in [2.05, 4.69) is 24.0 Å². The van der Waals surface area contributed by atoms with E-state index in [-0.39, 0.29) is 0 Å². The summed E-state index contributed by atoms with van der Waals surface area (Å²) >= 11 is 1.56. The molecular formula is C16H13N3OS. The number of hydrogen-bond donors (Lipinski definition) is 1. The fourth-order valence-corrected chi connectivity index (χ4v) is 3.29. The number of imidazole rings is 1. The highest BCUT2D eigenvalue weighted by Crippen LogP contribution is 2.34. The van der Waals surface area contributed by atoms with E-state index in [0.717, 1.165) is 27.7 Å². The Labute approximate surface area is 125 Å². The first-order chi connectivity index (χ1) is 10.2. The summed E-state index contributed by atoms with van der Waals surface area (Å²) < 4.78 is 7.42. The van der Waals surface area contributed by atoms with Gasteiger partial charge in [0, 0.05) is 10.9 Å². The van der Waals surface area contributed by atoms with Gasteiger partial charge in [0.05, 0.1) is 6.26 Å². The van der Waals surface area contributed by atoms with Gasteiger partial charge in [-0.1, -0.05) is 29.8 Å². The first-order valence-corrected chi connectivity index (χ1v) is 7.48. The average Bonchev–Trinajstić information content (AvgIpc) is 3.18. The summed E-state index contributed by atoms with van der Waals surface area (Å²) in [5.74, 6) is 1.43. The van der Waals surface area contributed by atoms with Crippen molar-refractivity contribution in [1.82, 2.24) is 9.38 Å². The zero-order valence-electron chi connectivity index (χ0n) is 11.4. The normalized spacial score (nSPS) is 11.3. The molecule has 0 atom stereocenters. The van der Waals surface area contributed by atoms with Crippen LogP contribution in [0.25, 0.3) is 27.7 Å². The zero-order valence-corrected chi connectivity index (χ0v) is 12.2. The summed E-state index contributed by atoms with van der Waals surface area (Å²) in [4.78, 5) is 5.53. The monoisotopic (exact) mass is 295 g/mol. The van der Waals surface area contributed by atoms with Gasteiger partial charge in [-0.05, 0) is 19.1 Å². The molecule has 3 heterocycles. The molecule has 0 amide bonds. The molecule has 4 aromatic rings.